The van der Waals surface area contributed by atoms with Gasteiger partial charge in [0.05, 0.1) is 13.2 Å². The fraction of sp³-hybridized carbons (Fsp3) is 0.350. The Bertz CT molecular complexity index is 726. The van der Waals surface area contributed by atoms with Gasteiger partial charge >= 0.3 is 0 Å². The van der Waals surface area contributed by atoms with Crippen molar-refractivity contribution in [3.8, 4) is 5.75 Å². The molecule has 134 valence electrons. The first kappa shape index (κ1) is 19.6. The molecule has 0 unspecified atom stereocenters. The highest BCUT2D eigenvalue weighted by Gasteiger charge is 2.15. The van der Waals surface area contributed by atoms with Crippen LogP contribution in [0.4, 0.5) is 0 Å². The van der Waals surface area contributed by atoms with Crippen LogP contribution in [0.5, 0.6) is 5.75 Å². The molecule has 0 aromatic heterocycles. The van der Waals surface area contributed by atoms with Gasteiger partial charge in [-0.3, -0.25) is 4.79 Å². The van der Waals surface area contributed by atoms with E-state index in [0.717, 1.165) is 28.9 Å². The molecule has 25 heavy (non-hydrogen) atoms. The van der Waals surface area contributed by atoms with Crippen LogP contribution in [0.15, 0.2) is 36.4 Å². The molecule has 2 rings (SSSR count). The van der Waals surface area contributed by atoms with E-state index in [1.165, 1.54) is 0 Å². The number of methoxy groups -OCH3 is 1. The van der Waals surface area contributed by atoms with Gasteiger partial charge in [-0.05, 0) is 54.7 Å². The van der Waals surface area contributed by atoms with Crippen LogP contribution in [0.25, 0.3) is 0 Å². The summed E-state index contributed by atoms with van der Waals surface area (Å²) in [5, 5.41) is 4.28. The summed E-state index contributed by atoms with van der Waals surface area (Å²) < 4.78 is 5.29. The van der Waals surface area contributed by atoms with Crippen molar-refractivity contribution in [1.82, 2.24) is 5.32 Å². The molecular formula is C20H23Cl2NO2. The minimum Gasteiger partial charge on any atom is -0.496 e. The third kappa shape index (κ3) is 5.13. The van der Waals surface area contributed by atoms with E-state index in [-0.39, 0.29) is 11.9 Å². The van der Waals surface area contributed by atoms with E-state index in [1.54, 1.807) is 25.3 Å². The molecule has 5 heteroatoms. The van der Waals surface area contributed by atoms with Crippen molar-refractivity contribution < 1.29 is 9.53 Å². The summed E-state index contributed by atoms with van der Waals surface area (Å²) in [6, 6.07) is 11.3. The minimum atomic E-state index is -0.0289. The smallest absolute Gasteiger partial charge is 0.220 e. The van der Waals surface area contributed by atoms with E-state index in [4.69, 9.17) is 27.9 Å². The fourth-order valence-corrected chi connectivity index (χ4v) is 3.40. The highest BCUT2D eigenvalue weighted by Crippen LogP contribution is 2.26. The van der Waals surface area contributed by atoms with Crippen molar-refractivity contribution in [2.24, 2.45) is 0 Å². The molecule has 0 saturated carbocycles. The first-order valence-electron chi connectivity index (χ1n) is 8.33. The van der Waals surface area contributed by atoms with Gasteiger partial charge in [0.2, 0.25) is 5.91 Å². The lowest BCUT2D eigenvalue weighted by molar-refractivity contribution is -0.121. The van der Waals surface area contributed by atoms with E-state index < -0.39 is 0 Å². The number of hydrogen-bond acceptors (Lipinski definition) is 2. The fourth-order valence-electron chi connectivity index (χ4n) is 2.82. The van der Waals surface area contributed by atoms with E-state index >= 15 is 0 Å². The van der Waals surface area contributed by atoms with Crippen molar-refractivity contribution in [2.75, 3.05) is 7.11 Å². The zero-order chi connectivity index (χ0) is 18.4. The largest absolute Gasteiger partial charge is 0.496 e. The van der Waals surface area contributed by atoms with Gasteiger partial charge in [-0.1, -0.05) is 48.3 Å². The van der Waals surface area contributed by atoms with Crippen molar-refractivity contribution in [1.29, 1.82) is 0 Å². The van der Waals surface area contributed by atoms with Gasteiger partial charge in [-0.2, -0.15) is 0 Å². The average Bonchev–Trinajstić information content (AvgIpc) is 2.59. The molecule has 0 aliphatic carbocycles. The molecule has 3 nitrogen and oxygen atoms in total. The second-order valence-corrected chi connectivity index (χ2v) is 6.77. The van der Waals surface area contributed by atoms with Gasteiger partial charge in [0, 0.05) is 16.5 Å². The highest BCUT2D eigenvalue weighted by molar-refractivity contribution is 6.36. The summed E-state index contributed by atoms with van der Waals surface area (Å²) >= 11 is 12.3. The number of halogens is 2. The summed E-state index contributed by atoms with van der Waals surface area (Å²) in [5.41, 5.74) is 2.94. The molecule has 2 aromatic carbocycles. The number of ether oxygens (including phenoxy) is 1. The number of hydrogen-bond donors (Lipinski definition) is 1. The lowest BCUT2D eigenvalue weighted by atomic mass is 10.0. The zero-order valence-corrected chi connectivity index (χ0v) is 16.2. The molecule has 0 radical (unpaired) electrons. The number of rotatable bonds is 7. The zero-order valence-electron chi connectivity index (χ0n) is 14.7. The lowest BCUT2D eigenvalue weighted by Gasteiger charge is -2.19. The van der Waals surface area contributed by atoms with Crippen LogP contribution in [-0.2, 0) is 11.2 Å². The van der Waals surface area contributed by atoms with Crippen LogP contribution in [0, 0.1) is 6.92 Å². The maximum atomic E-state index is 12.4. The molecular weight excluding hydrogens is 357 g/mol. The Balaban J connectivity index is 2.01. The predicted octanol–water partition coefficient (Wildman–Crippen LogP) is 5.51. The lowest BCUT2D eigenvalue weighted by Crippen LogP contribution is -2.28. The Morgan fingerprint density at radius 2 is 1.88 bits per heavy atom. The maximum Gasteiger partial charge on any atom is 0.220 e. The topological polar surface area (TPSA) is 38.3 Å². The maximum absolute atomic E-state index is 12.4. The third-order valence-electron chi connectivity index (χ3n) is 4.23. The Morgan fingerprint density at radius 3 is 2.44 bits per heavy atom. The van der Waals surface area contributed by atoms with Crippen LogP contribution in [-0.4, -0.2) is 13.0 Å². The quantitative estimate of drug-likeness (QED) is 0.688. The molecule has 0 fully saturated rings. The van der Waals surface area contributed by atoms with Gasteiger partial charge in [-0.15, -0.1) is 0 Å². The first-order valence-corrected chi connectivity index (χ1v) is 9.08. The molecule has 0 heterocycles. The van der Waals surface area contributed by atoms with E-state index in [0.29, 0.717) is 22.9 Å². The van der Waals surface area contributed by atoms with Crippen LogP contribution in [0.2, 0.25) is 10.0 Å². The Kier molecular flexibility index (Phi) is 7.15. The Morgan fingerprint density at radius 1 is 1.20 bits per heavy atom. The van der Waals surface area contributed by atoms with Gasteiger partial charge in [0.15, 0.2) is 0 Å². The number of carbonyl (C=O) groups is 1. The van der Waals surface area contributed by atoms with E-state index in [1.807, 2.05) is 19.1 Å². The summed E-state index contributed by atoms with van der Waals surface area (Å²) in [6.45, 7) is 4.05. The minimum absolute atomic E-state index is 0.0173. The standard InChI is InChI=1S/C20H23Cl2NO2/c1-4-18(14-8-10-19(25-3)13(2)12-14)23-20(24)11-9-15-16(21)6-5-7-17(15)22/h5-8,10,12,18H,4,9,11H2,1-3H3,(H,23,24)/t18-/m1/s1. The van der Waals surface area contributed by atoms with Crippen molar-refractivity contribution >= 4 is 29.1 Å². The van der Waals surface area contributed by atoms with Crippen molar-refractivity contribution in [2.45, 2.75) is 39.2 Å². The van der Waals surface area contributed by atoms with Crippen molar-refractivity contribution in [3.05, 3.63) is 63.1 Å². The summed E-state index contributed by atoms with van der Waals surface area (Å²) in [6.07, 6.45) is 1.67. The molecule has 0 saturated heterocycles. The average molecular weight is 380 g/mol. The van der Waals surface area contributed by atoms with E-state index in [9.17, 15) is 4.79 Å². The second kappa shape index (κ2) is 9.12. The molecule has 0 aliphatic rings. The molecule has 1 amide bonds. The highest BCUT2D eigenvalue weighted by atomic mass is 35.5. The number of benzene rings is 2. The number of carbonyl (C=O) groups excluding carboxylic acids is 1. The van der Waals surface area contributed by atoms with Crippen molar-refractivity contribution in [3.63, 3.8) is 0 Å². The number of nitrogens with one attached hydrogen (secondary N) is 1. The van der Waals surface area contributed by atoms with Gasteiger partial charge in [0.1, 0.15) is 5.75 Å². The van der Waals surface area contributed by atoms with Gasteiger partial charge in [-0.25, -0.2) is 0 Å². The Hall–Kier alpha value is -1.71. The first-order chi connectivity index (χ1) is 12.0. The summed E-state index contributed by atoms with van der Waals surface area (Å²) in [4.78, 5) is 12.4. The molecule has 0 aliphatic heterocycles. The normalized spacial score (nSPS) is 11.9. The number of aryl methyl sites for hydroxylation is 1. The molecule has 2 aromatic rings. The van der Waals surface area contributed by atoms with Gasteiger partial charge in [0.25, 0.3) is 0 Å². The number of amides is 1. The van der Waals surface area contributed by atoms with Crippen LogP contribution >= 0.6 is 23.2 Å². The molecule has 1 N–H and O–H groups in total. The summed E-state index contributed by atoms with van der Waals surface area (Å²) in [7, 11) is 1.65. The van der Waals surface area contributed by atoms with Crippen LogP contribution in [0.3, 0.4) is 0 Å². The van der Waals surface area contributed by atoms with Gasteiger partial charge < -0.3 is 10.1 Å². The Labute approximate surface area is 159 Å². The molecule has 1 atom stereocenters. The SMILES string of the molecule is CC[C@@H](NC(=O)CCc1c(Cl)cccc1Cl)c1ccc(OC)c(C)c1. The third-order valence-corrected chi connectivity index (χ3v) is 4.94. The summed E-state index contributed by atoms with van der Waals surface area (Å²) in [5.74, 6) is 0.828. The van der Waals surface area contributed by atoms with Crippen LogP contribution in [0.1, 0.15) is 42.5 Å². The van der Waals surface area contributed by atoms with Crippen LogP contribution < -0.4 is 10.1 Å². The van der Waals surface area contributed by atoms with E-state index in [2.05, 4.69) is 18.3 Å². The predicted molar refractivity (Wildman–Crippen MR) is 104 cm³/mol. The molecule has 0 bridgehead atoms. The molecule has 0 spiro atoms. The second-order valence-electron chi connectivity index (χ2n) is 5.96. The monoisotopic (exact) mass is 379 g/mol.